The quantitative estimate of drug-likeness (QED) is 0.775. The van der Waals surface area contributed by atoms with E-state index in [1.54, 1.807) is 6.92 Å². The predicted molar refractivity (Wildman–Crippen MR) is 67.0 cm³/mol. The topological polar surface area (TPSA) is 20.3 Å². The van der Waals surface area contributed by atoms with E-state index >= 15 is 0 Å². The number of hydrogen-bond donors (Lipinski definition) is 0. The molecule has 2 rings (SSSR count). The Morgan fingerprint density at radius 2 is 2.12 bits per heavy atom. The molecule has 0 saturated carbocycles. The molecule has 0 aromatic heterocycles. The lowest BCUT2D eigenvalue weighted by Gasteiger charge is -2.24. The molecule has 0 N–H and O–H groups in total. The van der Waals surface area contributed by atoms with E-state index in [0.29, 0.717) is 18.4 Å². The minimum atomic E-state index is 0.283. The van der Waals surface area contributed by atoms with E-state index in [1.165, 1.54) is 11.3 Å². The van der Waals surface area contributed by atoms with Crippen LogP contribution in [0.2, 0.25) is 0 Å². The summed E-state index contributed by atoms with van der Waals surface area (Å²) in [4.78, 5) is 13.7. The molecule has 16 heavy (non-hydrogen) atoms. The Labute approximate surface area is 97.3 Å². The largest absolute Gasteiger partial charge is 0.368 e. The molecule has 86 valence electrons. The molecule has 1 aromatic rings. The fraction of sp³-hybridized carbons (Fsp3) is 0.500. The van der Waals surface area contributed by atoms with Gasteiger partial charge in [0.05, 0.1) is 0 Å². The Hall–Kier alpha value is -1.31. The first-order valence-electron chi connectivity index (χ1n) is 5.94. The highest BCUT2D eigenvalue weighted by molar-refractivity contribution is 5.78. The number of Topliss-reactive ketones (excluding diaryl/α,β-unsaturated/α-hetero) is 1. The van der Waals surface area contributed by atoms with Crippen molar-refractivity contribution in [1.82, 2.24) is 0 Å². The second-order valence-electron chi connectivity index (χ2n) is 4.91. The third-order valence-corrected chi connectivity index (χ3v) is 3.26. The maximum absolute atomic E-state index is 11.3. The maximum Gasteiger partial charge on any atom is 0.130 e. The van der Waals surface area contributed by atoms with E-state index in [0.717, 1.165) is 6.54 Å². The van der Waals surface area contributed by atoms with Crippen LogP contribution in [0.15, 0.2) is 24.3 Å². The SMILES string of the molecule is CC(=O)CC1CN(C(C)C)c2ccccc21. The summed E-state index contributed by atoms with van der Waals surface area (Å²) in [6.07, 6.45) is 0.667. The molecule has 1 aromatic carbocycles. The predicted octanol–water partition coefficient (Wildman–Crippen LogP) is 2.98. The molecule has 0 spiro atoms. The summed E-state index contributed by atoms with van der Waals surface area (Å²) in [7, 11) is 0. The van der Waals surface area contributed by atoms with Crippen molar-refractivity contribution in [2.75, 3.05) is 11.4 Å². The van der Waals surface area contributed by atoms with Crippen molar-refractivity contribution in [1.29, 1.82) is 0 Å². The van der Waals surface area contributed by atoms with Gasteiger partial charge in [0, 0.05) is 30.6 Å². The highest BCUT2D eigenvalue weighted by Crippen LogP contribution is 2.38. The Morgan fingerprint density at radius 3 is 2.75 bits per heavy atom. The number of hydrogen-bond acceptors (Lipinski definition) is 2. The Kier molecular flexibility index (Phi) is 2.99. The summed E-state index contributed by atoms with van der Waals surface area (Å²) in [5, 5.41) is 0. The van der Waals surface area contributed by atoms with E-state index in [9.17, 15) is 4.79 Å². The number of nitrogens with zero attached hydrogens (tertiary/aromatic N) is 1. The zero-order valence-electron chi connectivity index (χ0n) is 10.2. The van der Waals surface area contributed by atoms with Crippen LogP contribution >= 0.6 is 0 Å². The summed E-state index contributed by atoms with van der Waals surface area (Å²) >= 11 is 0. The molecular weight excluding hydrogens is 198 g/mol. The van der Waals surface area contributed by atoms with Crippen LogP contribution in [0.3, 0.4) is 0 Å². The molecule has 2 heteroatoms. The number of carbonyl (C=O) groups is 1. The van der Waals surface area contributed by atoms with E-state index in [1.807, 2.05) is 0 Å². The summed E-state index contributed by atoms with van der Waals surface area (Å²) < 4.78 is 0. The summed E-state index contributed by atoms with van der Waals surface area (Å²) in [6.45, 7) is 7.07. The maximum atomic E-state index is 11.3. The van der Waals surface area contributed by atoms with Crippen molar-refractivity contribution in [2.45, 2.75) is 39.2 Å². The zero-order valence-corrected chi connectivity index (χ0v) is 10.2. The lowest BCUT2D eigenvalue weighted by atomic mass is 9.96. The van der Waals surface area contributed by atoms with Crippen LogP contribution in [0.25, 0.3) is 0 Å². The van der Waals surface area contributed by atoms with E-state index < -0.39 is 0 Å². The van der Waals surface area contributed by atoms with Crippen molar-refractivity contribution >= 4 is 11.5 Å². The van der Waals surface area contributed by atoms with Crippen LogP contribution in [0.5, 0.6) is 0 Å². The molecule has 1 heterocycles. The van der Waals surface area contributed by atoms with Gasteiger partial charge in [-0.3, -0.25) is 0 Å². The molecule has 1 atom stereocenters. The number of para-hydroxylation sites is 1. The third kappa shape index (κ3) is 1.97. The first-order valence-corrected chi connectivity index (χ1v) is 5.94. The normalized spacial score (nSPS) is 19.0. The Balaban J connectivity index is 2.31. The van der Waals surface area contributed by atoms with Crippen LogP contribution in [-0.4, -0.2) is 18.4 Å². The van der Waals surface area contributed by atoms with E-state index in [2.05, 4.69) is 43.0 Å². The fourth-order valence-corrected chi connectivity index (χ4v) is 2.54. The van der Waals surface area contributed by atoms with Crippen LogP contribution in [0.4, 0.5) is 5.69 Å². The molecule has 2 nitrogen and oxygen atoms in total. The van der Waals surface area contributed by atoms with Gasteiger partial charge in [0.15, 0.2) is 0 Å². The first-order chi connectivity index (χ1) is 7.59. The van der Waals surface area contributed by atoms with Crippen LogP contribution in [0.1, 0.15) is 38.7 Å². The van der Waals surface area contributed by atoms with Gasteiger partial charge < -0.3 is 9.69 Å². The molecule has 0 fully saturated rings. The number of rotatable bonds is 3. The van der Waals surface area contributed by atoms with Gasteiger partial charge in [0.25, 0.3) is 0 Å². The highest BCUT2D eigenvalue weighted by Gasteiger charge is 2.29. The lowest BCUT2D eigenvalue weighted by molar-refractivity contribution is -0.117. The van der Waals surface area contributed by atoms with Gasteiger partial charge in [0.2, 0.25) is 0 Å². The first kappa shape index (κ1) is 11.2. The Bertz CT molecular complexity index is 397. The molecule has 1 aliphatic rings. The molecule has 0 radical (unpaired) electrons. The average Bonchev–Trinajstić information content (AvgIpc) is 2.57. The van der Waals surface area contributed by atoms with Gasteiger partial charge in [-0.2, -0.15) is 0 Å². The minimum absolute atomic E-state index is 0.283. The molecule has 0 bridgehead atoms. The summed E-state index contributed by atoms with van der Waals surface area (Å²) in [6, 6.07) is 8.96. The Morgan fingerprint density at radius 1 is 1.44 bits per heavy atom. The van der Waals surface area contributed by atoms with Crippen LogP contribution < -0.4 is 4.90 Å². The number of ketones is 1. The van der Waals surface area contributed by atoms with Crippen LogP contribution in [-0.2, 0) is 4.79 Å². The number of carbonyl (C=O) groups excluding carboxylic acids is 1. The van der Waals surface area contributed by atoms with Crippen molar-refractivity contribution in [3.63, 3.8) is 0 Å². The van der Waals surface area contributed by atoms with E-state index in [4.69, 9.17) is 0 Å². The number of anilines is 1. The standard InChI is InChI=1S/C14H19NO/c1-10(2)15-9-12(8-11(3)16)13-6-4-5-7-14(13)15/h4-7,10,12H,8-9H2,1-3H3. The molecule has 1 aliphatic heterocycles. The second-order valence-corrected chi connectivity index (χ2v) is 4.91. The monoisotopic (exact) mass is 217 g/mol. The van der Waals surface area contributed by atoms with Gasteiger partial charge in [-0.1, -0.05) is 18.2 Å². The van der Waals surface area contributed by atoms with Gasteiger partial charge in [-0.15, -0.1) is 0 Å². The van der Waals surface area contributed by atoms with Crippen molar-refractivity contribution < 1.29 is 4.79 Å². The van der Waals surface area contributed by atoms with Crippen molar-refractivity contribution in [2.24, 2.45) is 0 Å². The van der Waals surface area contributed by atoms with Crippen molar-refractivity contribution in [3.8, 4) is 0 Å². The van der Waals surface area contributed by atoms with Gasteiger partial charge in [-0.25, -0.2) is 0 Å². The van der Waals surface area contributed by atoms with E-state index in [-0.39, 0.29) is 5.78 Å². The minimum Gasteiger partial charge on any atom is -0.368 e. The molecule has 0 saturated heterocycles. The van der Waals surface area contributed by atoms with Gasteiger partial charge >= 0.3 is 0 Å². The summed E-state index contributed by atoms with van der Waals surface area (Å²) in [5.41, 5.74) is 2.65. The van der Waals surface area contributed by atoms with Gasteiger partial charge in [0.1, 0.15) is 5.78 Å². The third-order valence-electron chi connectivity index (χ3n) is 3.26. The number of fused-ring (bicyclic) bond motifs is 1. The van der Waals surface area contributed by atoms with Crippen LogP contribution in [0, 0.1) is 0 Å². The van der Waals surface area contributed by atoms with Crippen molar-refractivity contribution in [3.05, 3.63) is 29.8 Å². The summed E-state index contributed by atoms with van der Waals surface area (Å²) in [5.74, 6) is 0.668. The highest BCUT2D eigenvalue weighted by atomic mass is 16.1. The van der Waals surface area contributed by atoms with Gasteiger partial charge in [-0.05, 0) is 32.4 Å². The smallest absolute Gasteiger partial charge is 0.130 e. The molecule has 0 aliphatic carbocycles. The number of benzene rings is 1. The molecule has 0 amide bonds. The lowest BCUT2D eigenvalue weighted by Crippen LogP contribution is -2.29. The average molecular weight is 217 g/mol. The second kappa shape index (κ2) is 4.28. The zero-order chi connectivity index (χ0) is 11.7. The molecule has 1 unspecified atom stereocenters. The fourth-order valence-electron chi connectivity index (χ4n) is 2.54. The molecular formula is C14H19NO.